The van der Waals surface area contributed by atoms with Gasteiger partial charge in [-0.05, 0) is 42.8 Å². The first-order valence-electron chi connectivity index (χ1n) is 5.84. The van der Waals surface area contributed by atoms with Crippen LogP contribution in [0.25, 0.3) is 0 Å². The molecule has 0 aliphatic carbocycles. The zero-order valence-electron chi connectivity index (χ0n) is 10.9. The average Bonchev–Trinajstić information content (AvgIpc) is 2.36. The fourth-order valence-electron chi connectivity index (χ4n) is 1.63. The Morgan fingerprint density at radius 1 is 1.05 bits per heavy atom. The van der Waals surface area contributed by atoms with Gasteiger partial charge in [-0.15, -0.1) is 13.2 Å². The molecule has 112 valence electrons. The summed E-state index contributed by atoms with van der Waals surface area (Å²) >= 11 is 5.90. The SMILES string of the molecule is Cc1cc(N)c(Cl)cc1Oc1ccc(OC(F)(F)F)cc1. The van der Waals surface area contributed by atoms with Gasteiger partial charge >= 0.3 is 6.36 Å². The molecule has 0 aromatic heterocycles. The van der Waals surface area contributed by atoms with Crippen molar-refractivity contribution in [2.75, 3.05) is 5.73 Å². The van der Waals surface area contributed by atoms with Crippen molar-refractivity contribution >= 4 is 17.3 Å². The Morgan fingerprint density at radius 3 is 2.19 bits per heavy atom. The maximum Gasteiger partial charge on any atom is 0.573 e. The van der Waals surface area contributed by atoms with Crippen LogP contribution in [0.15, 0.2) is 36.4 Å². The van der Waals surface area contributed by atoms with E-state index in [2.05, 4.69) is 4.74 Å². The molecular weight excluding hydrogens is 307 g/mol. The van der Waals surface area contributed by atoms with Crippen LogP contribution in [0.3, 0.4) is 0 Å². The lowest BCUT2D eigenvalue weighted by Crippen LogP contribution is -2.16. The molecule has 2 rings (SSSR count). The van der Waals surface area contributed by atoms with Crippen molar-refractivity contribution in [2.24, 2.45) is 0 Å². The van der Waals surface area contributed by atoms with E-state index in [-0.39, 0.29) is 5.75 Å². The third kappa shape index (κ3) is 4.19. The highest BCUT2D eigenvalue weighted by atomic mass is 35.5. The molecule has 0 saturated carbocycles. The molecule has 0 bridgehead atoms. The van der Waals surface area contributed by atoms with E-state index < -0.39 is 6.36 Å². The lowest BCUT2D eigenvalue weighted by molar-refractivity contribution is -0.274. The van der Waals surface area contributed by atoms with Crippen LogP contribution in [0.5, 0.6) is 17.2 Å². The van der Waals surface area contributed by atoms with Crippen molar-refractivity contribution in [3.05, 3.63) is 47.0 Å². The molecule has 0 saturated heterocycles. The molecule has 2 aromatic rings. The molecule has 0 fully saturated rings. The number of anilines is 1. The molecule has 0 spiro atoms. The largest absolute Gasteiger partial charge is 0.573 e. The summed E-state index contributed by atoms with van der Waals surface area (Å²) < 4.78 is 45.5. The first-order valence-corrected chi connectivity index (χ1v) is 6.22. The standard InChI is InChI=1S/C14H11ClF3NO2/c1-8-6-12(19)11(15)7-13(8)20-9-2-4-10(5-3-9)21-14(16,17)18/h2-7H,19H2,1H3. The monoisotopic (exact) mass is 317 g/mol. The maximum atomic E-state index is 12.0. The molecule has 0 atom stereocenters. The molecule has 7 heteroatoms. The fourth-order valence-corrected chi connectivity index (χ4v) is 1.79. The second-order valence-corrected chi connectivity index (χ2v) is 4.67. The highest BCUT2D eigenvalue weighted by molar-refractivity contribution is 6.33. The summed E-state index contributed by atoms with van der Waals surface area (Å²) in [6.07, 6.45) is -4.72. The summed E-state index contributed by atoms with van der Waals surface area (Å²) in [4.78, 5) is 0. The van der Waals surface area contributed by atoms with Gasteiger partial charge in [-0.2, -0.15) is 0 Å². The molecule has 2 N–H and O–H groups in total. The van der Waals surface area contributed by atoms with Gasteiger partial charge in [0, 0.05) is 6.07 Å². The number of benzene rings is 2. The van der Waals surface area contributed by atoms with Crippen LogP contribution in [-0.2, 0) is 0 Å². The van der Waals surface area contributed by atoms with Crippen LogP contribution in [-0.4, -0.2) is 6.36 Å². The predicted octanol–water partition coefficient (Wildman–Crippen LogP) is 4.92. The lowest BCUT2D eigenvalue weighted by atomic mass is 10.2. The van der Waals surface area contributed by atoms with Crippen LogP contribution >= 0.6 is 11.6 Å². The smallest absolute Gasteiger partial charge is 0.457 e. The Kier molecular flexibility index (Phi) is 4.18. The first-order chi connectivity index (χ1) is 9.74. The zero-order valence-corrected chi connectivity index (χ0v) is 11.6. The normalized spacial score (nSPS) is 11.3. The Morgan fingerprint density at radius 2 is 1.62 bits per heavy atom. The van der Waals surface area contributed by atoms with E-state index in [9.17, 15) is 13.2 Å². The van der Waals surface area contributed by atoms with Gasteiger partial charge in [-0.3, -0.25) is 0 Å². The summed E-state index contributed by atoms with van der Waals surface area (Å²) in [7, 11) is 0. The van der Waals surface area contributed by atoms with E-state index in [4.69, 9.17) is 22.1 Å². The number of alkyl halides is 3. The van der Waals surface area contributed by atoms with Gasteiger partial charge in [-0.25, -0.2) is 0 Å². The number of halogens is 4. The van der Waals surface area contributed by atoms with Crippen LogP contribution in [0.4, 0.5) is 18.9 Å². The lowest BCUT2D eigenvalue weighted by Gasteiger charge is -2.12. The summed E-state index contributed by atoms with van der Waals surface area (Å²) in [6.45, 7) is 1.78. The van der Waals surface area contributed by atoms with Crippen LogP contribution < -0.4 is 15.2 Å². The second-order valence-electron chi connectivity index (χ2n) is 4.26. The van der Waals surface area contributed by atoms with Crippen molar-refractivity contribution in [2.45, 2.75) is 13.3 Å². The van der Waals surface area contributed by atoms with Crippen molar-refractivity contribution < 1.29 is 22.6 Å². The molecule has 0 heterocycles. The first kappa shape index (κ1) is 15.3. The minimum atomic E-state index is -4.72. The Labute approximate surface area is 124 Å². The van der Waals surface area contributed by atoms with Gasteiger partial charge in [0.1, 0.15) is 17.2 Å². The van der Waals surface area contributed by atoms with Gasteiger partial charge in [0.2, 0.25) is 0 Å². The highest BCUT2D eigenvalue weighted by Gasteiger charge is 2.30. The van der Waals surface area contributed by atoms with E-state index in [1.165, 1.54) is 12.1 Å². The molecule has 0 unspecified atom stereocenters. The Balaban J connectivity index is 2.16. The Bertz CT molecular complexity index is 642. The number of rotatable bonds is 3. The summed E-state index contributed by atoms with van der Waals surface area (Å²) in [5.74, 6) is 0.508. The van der Waals surface area contributed by atoms with E-state index in [0.29, 0.717) is 22.2 Å². The molecule has 0 aliphatic rings. The molecular formula is C14H11ClF3NO2. The fraction of sp³-hybridized carbons (Fsp3) is 0.143. The third-order valence-corrected chi connectivity index (χ3v) is 2.91. The number of nitrogens with two attached hydrogens (primary N) is 1. The van der Waals surface area contributed by atoms with Crippen LogP contribution in [0, 0.1) is 6.92 Å². The predicted molar refractivity (Wildman–Crippen MR) is 73.8 cm³/mol. The molecule has 2 aromatic carbocycles. The van der Waals surface area contributed by atoms with E-state index in [1.54, 1.807) is 19.1 Å². The highest BCUT2D eigenvalue weighted by Crippen LogP contribution is 2.32. The number of ether oxygens (including phenoxy) is 2. The van der Waals surface area contributed by atoms with Crippen molar-refractivity contribution in [3.8, 4) is 17.2 Å². The molecule has 21 heavy (non-hydrogen) atoms. The van der Waals surface area contributed by atoms with Gasteiger partial charge in [-0.1, -0.05) is 11.6 Å². The molecule has 0 radical (unpaired) electrons. The van der Waals surface area contributed by atoms with E-state index in [0.717, 1.165) is 17.7 Å². The van der Waals surface area contributed by atoms with E-state index in [1.807, 2.05) is 0 Å². The van der Waals surface area contributed by atoms with E-state index >= 15 is 0 Å². The molecule has 0 amide bonds. The quantitative estimate of drug-likeness (QED) is 0.817. The van der Waals surface area contributed by atoms with Crippen LogP contribution in [0.1, 0.15) is 5.56 Å². The van der Waals surface area contributed by atoms with Gasteiger partial charge in [0.15, 0.2) is 0 Å². The average molecular weight is 318 g/mol. The van der Waals surface area contributed by atoms with Gasteiger partial charge in [0.05, 0.1) is 10.7 Å². The molecule has 0 aliphatic heterocycles. The van der Waals surface area contributed by atoms with Crippen LogP contribution in [0.2, 0.25) is 5.02 Å². The van der Waals surface area contributed by atoms with Crippen molar-refractivity contribution in [1.29, 1.82) is 0 Å². The van der Waals surface area contributed by atoms with Crippen molar-refractivity contribution in [1.82, 2.24) is 0 Å². The summed E-state index contributed by atoms with van der Waals surface area (Å²) in [5.41, 5.74) is 6.83. The van der Waals surface area contributed by atoms with Gasteiger partial charge < -0.3 is 15.2 Å². The number of aryl methyl sites for hydroxylation is 1. The summed E-state index contributed by atoms with van der Waals surface area (Å²) in [6, 6.07) is 8.26. The second kappa shape index (κ2) is 5.73. The summed E-state index contributed by atoms with van der Waals surface area (Å²) in [5, 5.41) is 0.340. The minimum absolute atomic E-state index is 0.318. The Hall–Kier alpha value is -2.08. The molecule has 3 nitrogen and oxygen atoms in total. The topological polar surface area (TPSA) is 44.5 Å². The van der Waals surface area contributed by atoms with Gasteiger partial charge in [0.25, 0.3) is 0 Å². The number of hydrogen-bond donors (Lipinski definition) is 1. The zero-order chi connectivity index (χ0) is 15.6. The number of hydrogen-bond acceptors (Lipinski definition) is 3. The number of nitrogen functional groups attached to an aromatic ring is 1. The van der Waals surface area contributed by atoms with Crippen molar-refractivity contribution in [3.63, 3.8) is 0 Å². The minimum Gasteiger partial charge on any atom is -0.457 e. The maximum absolute atomic E-state index is 12.0. The third-order valence-electron chi connectivity index (χ3n) is 2.58.